The first-order valence-electron chi connectivity index (χ1n) is 9.03. The van der Waals surface area contributed by atoms with Crippen LogP contribution in [0.2, 0.25) is 0 Å². The lowest BCUT2D eigenvalue weighted by Crippen LogP contribution is -2.33. The highest BCUT2D eigenvalue weighted by atomic mass is 16.5. The molecule has 0 fully saturated rings. The summed E-state index contributed by atoms with van der Waals surface area (Å²) in [5.74, 6) is 1.44. The fraction of sp³-hybridized carbons (Fsp3) is 0.238. The Morgan fingerprint density at radius 3 is 2.67 bits per heavy atom. The van der Waals surface area contributed by atoms with Crippen molar-refractivity contribution in [2.75, 3.05) is 19.0 Å². The Kier molecular flexibility index (Phi) is 4.32. The average molecular weight is 362 g/mol. The maximum absolute atomic E-state index is 12.7. The lowest BCUT2D eigenvalue weighted by Gasteiger charge is -2.30. The average Bonchev–Trinajstić information content (AvgIpc) is 3.05. The van der Waals surface area contributed by atoms with Crippen LogP contribution in [0.4, 0.5) is 5.95 Å². The van der Waals surface area contributed by atoms with Gasteiger partial charge in [-0.15, -0.1) is 0 Å². The molecule has 0 saturated heterocycles. The van der Waals surface area contributed by atoms with Crippen LogP contribution in [0.25, 0.3) is 11.0 Å². The van der Waals surface area contributed by atoms with Crippen molar-refractivity contribution in [2.24, 2.45) is 0 Å². The molecule has 1 amide bonds. The predicted molar refractivity (Wildman–Crippen MR) is 106 cm³/mol. The van der Waals surface area contributed by atoms with E-state index < -0.39 is 0 Å². The van der Waals surface area contributed by atoms with E-state index in [0.29, 0.717) is 12.2 Å². The van der Waals surface area contributed by atoms with Gasteiger partial charge in [-0.25, -0.2) is 4.98 Å². The van der Waals surface area contributed by atoms with E-state index in [1.54, 1.807) is 7.05 Å². The molecular formula is C21H22N4O2. The fourth-order valence-corrected chi connectivity index (χ4v) is 3.62. The van der Waals surface area contributed by atoms with Crippen molar-refractivity contribution in [1.29, 1.82) is 0 Å². The molecule has 4 rings (SSSR count). The molecule has 0 bridgehead atoms. The van der Waals surface area contributed by atoms with Gasteiger partial charge in [0, 0.05) is 12.7 Å². The molecule has 0 aliphatic carbocycles. The molecule has 0 radical (unpaired) electrons. The number of amides is 1. The minimum Gasteiger partial charge on any atom is -0.494 e. The van der Waals surface area contributed by atoms with Crippen molar-refractivity contribution in [1.82, 2.24) is 14.9 Å². The zero-order chi connectivity index (χ0) is 19.0. The number of fused-ring (bicyclic) bond motifs is 3. The van der Waals surface area contributed by atoms with E-state index in [4.69, 9.17) is 9.72 Å². The third kappa shape index (κ3) is 2.83. The zero-order valence-corrected chi connectivity index (χ0v) is 15.6. The first-order chi connectivity index (χ1) is 13.1. The number of aromatic nitrogens is 2. The zero-order valence-electron chi connectivity index (χ0n) is 15.6. The number of benzene rings is 2. The molecule has 1 aliphatic heterocycles. The van der Waals surface area contributed by atoms with Crippen molar-refractivity contribution in [2.45, 2.75) is 19.9 Å². The third-order valence-corrected chi connectivity index (χ3v) is 4.81. The van der Waals surface area contributed by atoms with Crippen molar-refractivity contribution >= 4 is 22.9 Å². The molecule has 2 heterocycles. The molecule has 3 aromatic rings. The van der Waals surface area contributed by atoms with Gasteiger partial charge in [-0.2, -0.15) is 0 Å². The molecule has 6 nitrogen and oxygen atoms in total. The van der Waals surface area contributed by atoms with Gasteiger partial charge in [-0.05, 0) is 43.7 Å². The van der Waals surface area contributed by atoms with Gasteiger partial charge < -0.3 is 15.4 Å². The number of hydrogen-bond acceptors (Lipinski definition) is 4. The van der Waals surface area contributed by atoms with Gasteiger partial charge in [0.15, 0.2) is 0 Å². The number of ether oxygens (including phenoxy) is 1. The van der Waals surface area contributed by atoms with Crippen molar-refractivity contribution in [3.63, 3.8) is 0 Å². The number of para-hydroxylation sites is 2. The molecule has 1 aromatic heterocycles. The second-order valence-electron chi connectivity index (χ2n) is 6.44. The van der Waals surface area contributed by atoms with E-state index in [9.17, 15) is 4.79 Å². The largest absolute Gasteiger partial charge is 0.494 e. The summed E-state index contributed by atoms with van der Waals surface area (Å²) < 4.78 is 7.65. The van der Waals surface area contributed by atoms with Crippen LogP contribution < -0.4 is 15.4 Å². The normalized spacial score (nSPS) is 16.0. The monoisotopic (exact) mass is 362 g/mol. The summed E-state index contributed by atoms with van der Waals surface area (Å²) in [4.78, 5) is 17.4. The van der Waals surface area contributed by atoms with E-state index in [0.717, 1.165) is 34.0 Å². The summed E-state index contributed by atoms with van der Waals surface area (Å²) in [6.45, 7) is 4.49. The van der Waals surface area contributed by atoms with E-state index in [-0.39, 0.29) is 11.9 Å². The molecule has 2 aromatic carbocycles. The van der Waals surface area contributed by atoms with Crippen LogP contribution in [-0.2, 0) is 4.79 Å². The Balaban J connectivity index is 1.93. The van der Waals surface area contributed by atoms with E-state index in [1.165, 1.54) is 0 Å². The summed E-state index contributed by atoms with van der Waals surface area (Å²) >= 11 is 0. The minimum absolute atomic E-state index is 0.109. The van der Waals surface area contributed by atoms with Crippen molar-refractivity contribution in [3.8, 4) is 5.75 Å². The highest BCUT2D eigenvalue weighted by molar-refractivity contribution is 5.97. The fourth-order valence-electron chi connectivity index (χ4n) is 3.62. The Morgan fingerprint density at radius 2 is 1.96 bits per heavy atom. The second kappa shape index (κ2) is 6.79. The van der Waals surface area contributed by atoms with Gasteiger partial charge in [-0.3, -0.25) is 9.36 Å². The molecule has 0 spiro atoms. The van der Waals surface area contributed by atoms with E-state index >= 15 is 0 Å². The number of carbonyl (C=O) groups is 1. The maximum Gasteiger partial charge on any atom is 0.251 e. The summed E-state index contributed by atoms with van der Waals surface area (Å²) in [5.41, 5.74) is 4.35. The Morgan fingerprint density at radius 1 is 1.22 bits per heavy atom. The highest BCUT2D eigenvalue weighted by Gasteiger charge is 2.33. The van der Waals surface area contributed by atoms with Crippen molar-refractivity contribution in [3.05, 3.63) is 65.4 Å². The first kappa shape index (κ1) is 17.1. The van der Waals surface area contributed by atoms with Gasteiger partial charge >= 0.3 is 0 Å². The predicted octanol–water partition coefficient (Wildman–Crippen LogP) is 3.47. The van der Waals surface area contributed by atoms with E-state index in [2.05, 4.69) is 15.2 Å². The van der Waals surface area contributed by atoms with Crippen LogP contribution in [0.5, 0.6) is 5.75 Å². The van der Waals surface area contributed by atoms with Crippen LogP contribution in [0.1, 0.15) is 25.5 Å². The summed E-state index contributed by atoms with van der Waals surface area (Å²) in [6, 6.07) is 15.6. The Bertz CT molecular complexity index is 1030. The van der Waals surface area contributed by atoms with Gasteiger partial charge in [0.1, 0.15) is 5.75 Å². The van der Waals surface area contributed by atoms with E-state index in [1.807, 2.05) is 62.4 Å². The summed E-state index contributed by atoms with van der Waals surface area (Å²) in [5, 5.41) is 6.06. The van der Waals surface area contributed by atoms with Gasteiger partial charge in [0.05, 0.1) is 29.3 Å². The lowest BCUT2D eigenvalue weighted by atomic mass is 9.94. The quantitative estimate of drug-likeness (QED) is 0.746. The summed E-state index contributed by atoms with van der Waals surface area (Å²) in [7, 11) is 1.65. The number of anilines is 1. The van der Waals surface area contributed by atoms with Gasteiger partial charge in [0.2, 0.25) is 5.95 Å². The van der Waals surface area contributed by atoms with Crippen LogP contribution in [0.15, 0.2) is 59.8 Å². The molecule has 2 N–H and O–H groups in total. The topological polar surface area (TPSA) is 68.2 Å². The minimum atomic E-state index is -0.274. The third-order valence-electron chi connectivity index (χ3n) is 4.81. The van der Waals surface area contributed by atoms with Crippen LogP contribution >= 0.6 is 0 Å². The lowest BCUT2D eigenvalue weighted by molar-refractivity contribution is -0.117. The number of hydrogen-bond donors (Lipinski definition) is 2. The SMILES string of the molecule is CCOc1ccc(C2C(C(=O)NC)=C(C)Nc3nc4ccccc4n32)cc1. The molecular weight excluding hydrogens is 340 g/mol. The first-order valence-corrected chi connectivity index (χ1v) is 9.03. The molecule has 0 saturated carbocycles. The highest BCUT2D eigenvalue weighted by Crippen LogP contribution is 2.39. The van der Waals surface area contributed by atoms with Crippen LogP contribution in [0.3, 0.4) is 0 Å². The molecule has 138 valence electrons. The Labute approximate surface area is 157 Å². The van der Waals surface area contributed by atoms with Crippen LogP contribution in [-0.4, -0.2) is 29.1 Å². The van der Waals surface area contributed by atoms with Gasteiger partial charge in [0.25, 0.3) is 5.91 Å². The molecule has 1 atom stereocenters. The molecule has 1 aliphatic rings. The number of likely N-dealkylation sites (N-methyl/N-ethyl adjacent to an activating group) is 1. The number of rotatable bonds is 4. The number of nitrogens with zero attached hydrogens (tertiary/aromatic N) is 2. The Hall–Kier alpha value is -3.28. The number of nitrogens with one attached hydrogen (secondary N) is 2. The molecule has 6 heteroatoms. The van der Waals surface area contributed by atoms with Crippen molar-refractivity contribution < 1.29 is 9.53 Å². The smallest absolute Gasteiger partial charge is 0.251 e. The summed E-state index contributed by atoms with van der Waals surface area (Å²) in [6.07, 6.45) is 0. The number of carbonyl (C=O) groups excluding carboxylic acids is 1. The van der Waals surface area contributed by atoms with Gasteiger partial charge in [-0.1, -0.05) is 24.3 Å². The van der Waals surface area contributed by atoms with Crippen LogP contribution in [0, 0.1) is 0 Å². The maximum atomic E-state index is 12.7. The molecule has 1 unspecified atom stereocenters. The second-order valence-corrected chi connectivity index (χ2v) is 6.44. The number of allylic oxidation sites excluding steroid dienone is 1. The number of imidazole rings is 1. The molecule has 27 heavy (non-hydrogen) atoms. The standard InChI is InChI=1S/C21H22N4O2/c1-4-27-15-11-9-14(10-12-15)19-18(20(26)22-3)13(2)23-21-24-16-7-5-6-8-17(16)25(19)21/h5-12,19H,4H2,1-3H3,(H,22,26)(H,23,24).